The van der Waals surface area contributed by atoms with Crippen LogP contribution < -0.4 is 10.7 Å². The minimum Gasteiger partial charge on any atom is -0.345 e. The van der Waals surface area contributed by atoms with Gasteiger partial charge in [-0.25, -0.2) is 9.37 Å². The summed E-state index contributed by atoms with van der Waals surface area (Å²) in [5.41, 5.74) is -1.41. The Labute approximate surface area is 127 Å². The number of hydrogen-bond acceptors (Lipinski definition) is 3. The molecule has 0 bridgehead atoms. The third kappa shape index (κ3) is 3.49. The fourth-order valence-electron chi connectivity index (χ4n) is 2.09. The highest BCUT2D eigenvalue weighted by Gasteiger charge is 2.42. The molecule has 0 aliphatic rings. The summed E-state index contributed by atoms with van der Waals surface area (Å²) in [4.78, 5) is 30.3. The SMILES string of the molecule is CC(C)C(NC(=O)c1c[nH]c2ncc(F)cc2c1=O)C(F)(F)F. The van der Waals surface area contributed by atoms with E-state index in [1.54, 1.807) is 5.32 Å². The number of amides is 1. The number of alkyl halides is 3. The quantitative estimate of drug-likeness (QED) is 0.848. The van der Waals surface area contributed by atoms with E-state index in [1.807, 2.05) is 0 Å². The first-order chi connectivity index (χ1) is 10.6. The van der Waals surface area contributed by atoms with Crippen LogP contribution in [-0.4, -0.2) is 28.1 Å². The Morgan fingerprint density at radius 1 is 1.35 bits per heavy atom. The minimum atomic E-state index is -4.65. The van der Waals surface area contributed by atoms with Crippen molar-refractivity contribution in [3.63, 3.8) is 0 Å². The number of aromatic amines is 1. The van der Waals surface area contributed by atoms with Gasteiger partial charge in [0.05, 0.1) is 11.6 Å². The zero-order valence-corrected chi connectivity index (χ0v) is 12.2. The van der Waals surface area contributed by atoms with Crippen molar-refractivity contribution in [3.05, 3.63) is 40.1 Å². The van der Waals surface area contributed by atoms with Gasteiger partial charge < -0.3 is 10.3 Å². The van der Waals surface area contributed by atoms with E-state index in [0.717, 1.165) is 18.5 Å². The third-order valence-electron chi connectivity index (χ3n) is 3.25. The Kier molecular flexibility index (Phi) is 4.39. The van der Waals surface area contributed by atoms with Crippen molar-refractivity contribution in [1.82, 2.24) is 15.3 Å². The van der Waals surface area contributed by atoms with Gasteiger partial charge in [0.15, 0.2) is 0 Å². The Hall–Kier alpha value is -2.45. The predicted molar refractivity (Wildman–Crippen MR) is 74.5 cm³/mol. The van der Waals surface area contributed by atoms with Crippen molar-refractivity contribution in [3.8, 4) is 0 Å². The van der Waals surface area contributed by atoms with E-state index >= 15 is 0 Å². The zero-order valence-electron chi connectivity index (χ0n) is 12.2. The lowest BCUT2D eigenvalue weighted by Gasteiger charge is -2.24. The van der Waals surface area contributed by atoms with Crippen LogP contribution in [0, 0.1) is 11.7 Å². The van der Waals surface area contributed by atoms with Crippen LogP contribution in [0.25, 0.3) is 11.0 Å². The lowest BCUT2D eigenvalue weighted by Crippen LogP contribution is -2.49. The van der Waals surface area contributed by atoms with Gasteiger partial charge in [0.1, 0.15) is 23.1 Å². The molecule has 2 aromatic heterocycles. The fraction of sp³-hybridized carbons (Fsp3) is 0.357. The maximum absolute atomic E-state index is 13.2. The number of rotatable bonds is 3. The van der Waals surface area contributed by atoms with Crippen molar-refractivity contribution in [2.45, 2.75) is 26.1 Å². The van der Waals surface area contributed by atoms with Gasteiger partial charge in [-0.05, 0) is 12.0 Å². The molecule has 1 atom stereocenters. The fourth-order valence-corrected chi connectivity index (χ4v) is 2.09. The van der Waals surface area contributed by atoms with Crippen LogP contribution in [0.1, 0.15) is 24.2 Å². The molecule has 0 spiro atoms. The molecule has 0 aromatic carbocycles. The molecular weight excluding hydrogens is 318 g/mol. The van der Waals surface area contributed by atoms with Crippen LogP contribution in [0.3, 0.4) is 0 Å². The molecule has 2 N–H and O–H groups in total. The van der Waals surface area contributed by atoms with Gasteiger partial charge in [0.25, 0.3) is 5.91 Å². The Bertz CT molecular complexity index is 799. The Balaban J connectivity index is 2.42. The van der Waals surface area contributed by atoms with Crippen molar-refractivity contribution in [2.75, 3.05) is 0 Å². The molecule has 2 rings (SSSR count). The van der Waals surface area contributed by atoms with Crippen LogP contribution in [0.15, 0.2) is 23.3 Å². The van der Waals surface area contributed by atoms with Gasteiger partial charge in [-0.2, -0.15) is 13.2 Å². The minimum absolute atomic E-state index is 0.0316. The molecule has 124 valence electrons. The Morgan fingerprint density at radius 2 is 2.00 bits per heavy atom. The van der Waals surface area contributed by atoms with Crippen LogP contribution in [-0.2, 0) is 0 Å². The number of halogens is 4. The van der Waals surface area contributed by atoms with E-state index in [9.17, 15) is 27.2 Å². The van der Waals surface area contributed by atoms with Crippen molar-refractivity contribution in [2.24, 2.45) is 5.92 Å². The molecule has 0 aliphatic heterocycles. The molecule has 0 radical (unpaired) electrons. The molecule has 5 nitrogen and oxygen atoms in total. The summed E-state index contributed by atoms with van der Waals surface area (Å²) in [5.74, 6) is -2.90. The number of nitrogens with zero attached hydrogens (tertiary/aromatic N) is 1. The van der Waals surface area contributed by atoms with Crippen LogP contribution in [0.4, 0.5) is 17.6 Å². The maximum atomic E-state index is 13.2. The summed E-state index contributed by atoms with van der Waals surface area (Å²) < 4.78 is 51.8. The number of aromatic nitrogens is 2. The largest absolute Gasteiger partial charge is 0.408 e. The number of carbonyl (C=O) groups is 1. The predicted octanol–water partition coefficient (Wildman–Crippen LogP) is 2.38. The van der Waals surface area contributed by atoms with Gasteiger partial charge in [-0.1, -0.05) is 13.8 Å². The number of carbonyl (C=O) groups excluding carboxylic acids is 1. The molecule has 0 saturated carbocycles. The van der Waals surface area contributed by atoms with Gasteiger partial charge in [-0.15, -0.1) is 0 Å². The standard InChI is InChI=1S/C14H13F4N3O2/c1-6(2)11(14(16,17)18)21-13(23)9-5-20-12-8(10(9)22)3-7(15)4-19-12/h3-6,11H,1-2H3,(H,21,23)(H,19,20,22). The van der Waals surface area contributed by atoms with Gasteiger partial charge >= 0.3 is 6.18 Å². The van der Waals surface area contributed by atoms with Gasteiger partial charge in [0.2, 0.25) is 5.43 Å². The molecule has 1 amide bonds. The van der Waals surface area contributed by atoms with E-state index in [2.05, 4.69) is 9.97 Å². The highest BCUT2D eigenvalue weighted by molar-refractivity contribution is 5.96. The van der Waals surface area contributed by atoms with Crippen LogP contribution >= 0.6 is 0 Å². The average Bonchev–Trinajstić information content (AvgIpc) is 2.44. The van der Waals surface area contributed by atoms with E-state index in [0.29, 0.717) is 0 Å². The lowest BCUT2D eigenvalue weighted by molar-refractivity contribution is -0.162. The van der Waals surface area contributed by atoms with Gasteiger partial charge in [-0.3, -0.25) is 9.59 Å². The summed E-state index contributed by atoms with van der Waals surface area (Å²) >= 11 is 0. The zero-order chi connectivity index (χ0) is 17.4. The lowest BCUT2D eigenvalue weighted by atomic mass is 10.0. The first kappa shape index (κ1) is 16.9. The maximum Gasteiger partial charge on any atom is 0.408 e. The van der Waals surface area contributed by atoms with E-state index < -0.39 is 40.9 Å². The summed E-state index contributed by atoms with van der Waals surface area (Å²) in [5, 5.41) is 1.58. The Morgan fingerprint density at radius 3 is 2.57 bits per heavy atom. The number of H-pyrrole nitrogens is 1. The first-order valence-electron chi connectivity index (χ1n) is 6.65. The summed E-state index contributed by atoms with van der Waals surface area (Å²) in [6, 6.07) is -1.24. The average molecular weight is 331 g/mol. The highest BCUT2D eigenvalue weighted by Crippen LogP contribution is 2.25. The van der Waals surface area contributed by atoms with Crippen molar-refractivity contribution >= 4 is 16.9 Å². The van der Waals surface area contributed by atoms with Crippen LogP contribution in [0.2, 0.25) is 0 Å². The smallest absolute Gasteiger partial charge is 0.345 e. The molecule has 0 fully saturated rings. The molecule has 23 heavy (non-hydrogen) atoms. The molecular formula is C14H13F4N3O2. The molecule has 1 unspecified atom stereocenters. The molecule has 0 saturated heterocycles. The van der Waals surface area contributed by atoms with E-state index in [-0.39, 0.29) is 11.0 Å². The first-order valence-corrected chi connectivity index (χ1v) is 6.65. The second kappa shape index (κ2) is 5.98. The number of fused-ring (bicyclic) bond motifs is 1. The van der Waals surface area contributed by atoms with Gasteiger partial charge in [0, 0.05) is 6.20 Å². The molecule has 2 heterocycles. The summed E-state index contributed by atoms with van der Waals surface area (Å²) in [7, 11) is 0. The normalized spacial score (nSPS) is 13.3. The second-order valence-electron chi connectivity index (χ2n) is 5.32. The number of pyridine rings is 2. The number of hydrogen-bond donors (Lipinski definition) is 2. The van der Waals surface area contributed by atoms with E-state index in [1.165, 1.54) is 13.8 Å². The molecule has 9 heteroatoms. The van der Waals surface area contributed by atoms with Crippen molar-refractivity contribution in [1.29, 1.82) is 0 Å². The second-order valence-corrected chi connectivity index (χ2v) is 5.32. The topological polar surface area (TPSA) is 74.8 Å². The highest BCUT2D eigenvalue weighted by atomic mass is 19.4. The summed E-state index contributed by atoms with van der Waals surface area (Å²) in [6.45, 7) is 2.59. The molecule has 2 aromatic rings. The molecule has 0 aliphatic carbocycles. The summed E-state index contributed by atoms with van der Waals surface area (Å²) in [6.07, 6.45) is -2.82. The third-order valence-corrected chi connectivity index (χ3v) is 3.25. The monoisotopic (exact) mass is 331 g/mol. The van der Waals surface area contributed by atoms with Crippen molar-refractivity contribution < 1.29 is 22.4 Å². The van der Waals surface area contributed by atoms with Crippen LogP contribution in [0.5, 0.6) is 0 Å². The van der Waals surface area contributed by atoms with E-state index in [4.69, 9.17) is 0 Å². The number of nitrogens with one attached hydrogen (secondary N) is 2.